The van der Waals surface area contributed by atoms with Crippen LogP contribution in [0.5, 0.6) is 0 Å². The van der Waals surface area contributed by atoms with Crippen LogP contribution in [0.25, 0.3) is 0 Å². The first-order chi connectivity index (χ1) is 6.94. The zero-order valence-electron chi connectivity index (χ0n) is 8.66. The molecule has 0 amide bonds. The van der Waals surface area contributed by atoms with Crippen LogP contribution in [0.4, 0.5) is 0 Å². The molecule has 0 radical (unpaired) electrons. The third-order valence-electron chi connectivity index (χ3n) is 2.62. The first-order valence-electron chi connectivity index (χ1n) is 4.93. The Kier molecular flexibility index (Phi) is 2.74. The number of ether oxygens (including phenoxy) is 3. The summed E-state index contributed by atoms with van der Waals surface area (Å²) in [5.41, 5.74) is 0. The van der Waals surface area contributed by atoms with E-state index in [0.29, 0.717) is 0 Å². The molecule has 0 aromatic carbocycles. The molecule has 2 fully saturated rings. The topological polar surface area (TPSA) is 88.4 Å². The van der Waals surface area contributed by atoms with E-state index in [-0.39, 0.29) is 0 Å². The molecule has 0 aromatic rings. The zero-order valence-corrected chi connectivity index (χ0v) is 8.66. The number of aliphatic hydroxyl groups is 3. The molecule has 2 heterocycles. The minimum Gasteiger partial charge on any atom is -0.394 e. The SMILES string of the molecule is CC1(C)O[C@@H]2O[C@@H]([C@@H](O)CO)[C@H](O)[C@@H]2O1. The Morgan fingerprint density at radius 3 is 2.53 bits per heavy atom. The highest BCUT2D eigenvalue weighted by atomic mass is 16.8. The largest absolute Gasteiger partial charge is 0.394 e. The van der Waals surface area contributed by atoms with Gasteiger partial charge in [-0.1, -0.05) is 0 Å². The summed E-state index contributed by atoms with van der Waals surface area (Å²) in [7, 11) is 0. The highest BCUT2D eigenvalue weighted by molar-refractivity contribution is 4.95. The van der Waals surface area contributed by atoms with E-state index in [2.05, 4.69) is 0 Å². The van der Waals surface area contributed by atoms with E-state index >= 15 is 0 Å². The summed E-state index contributed by atoms with van der Waals surface area (Å²) in [4.78, 5) is 0. The average molecular weight is 220 g/mol. The molecule has 2 rings (SSSR count). The highest BCUT2D eigenvalue weighted by Gasteiger charge is 2.55. The molecule has 2 saturated heterocycles. The van der Waals surface area contributed by atoms with Crippen LogP contribution in [0.1, 0.15) is 13.8 Å². The summed E-state index contributed by atoms with van der Waals surface area (Å²) in [6.07, 6.45) is -4.26. The summed E-state index contributed by atoms with van der Waals surface area (Å²) in [6.45, 7) is 2.97. The van der Waals surface area contributed by atoms with Crippen LogP contribution in [0.15, 0.2) is 0 Å². The number of rotatable bonds is 2. The van der Waals surface area contributed by atoms with Crippen LogP contribution >= 0.6 is 0 Å². The minimum atomic E-state index is -1.12. The van der Waals surface area contributed by atoms with Crippen LogP contribution in [0.2, 0.25) is 0 Å². The van der Waals surface area contributed by atoms with E-state index in [4.69, 9.17) is 19.3 Å². The number of hydrogen-bond donors (Lipinski definition) is 3. The Hall–Kier alpha value is -0.240. The molecule has 0 spiro atoms. The second kappa shape index (κ2) is 3.65. The second-order valence-electron chi connectivity index (χ2n) is 4.31. The molecule has 0 bridgehead atoms. The molecule has 15 heavy (non-hydrogen) atoms. The molecule has 0 aliphatic carbocycles. The summed E-state index contributed by atoms with van der Waals surface area (Å²) in [6, 6.07) is 0. The van der Waals surface area contributed by atoms with Crippen LogP contribution in [-0.2, 0) is 14.2 Å². The molecule has 2 aliphatic rings. The third kappa shape index (κ3) is 1.89. The number of hydrogen-bond acceptors (Lipinski definition) is 6. The third-order valence-corrected chi connectivity index (χ3v) is 2.62. The maximum atomic E-state index is 9.79. The van der Waals surface area contributed by atoms with Crippen LogP contribution in [0.3, 0.4) is 0 Å². The maximum Gasteiger partial charge on any atom is 0.190 e. The van der Waals surface area contributed by atoms with Gasteiger partial charge in [0, 0.05) is 0 Å². The first-order valence-corrected chi connectivity index (χ1v) is 4.93. The van der Waals surface area contributed by atoms with Crippen molar-refractivity contribution < 1.29 is 29.5 Å². The molecule has 0 saturated carbocycles. The first kappa shape index (κ1) is 11.3. The van der Waals surface area contributed by atoms with Crippen LogP contribution < -0.4 is 0 Å². The van der Waals surface area contributed by atoms with Crippen molar-refractivity contribution in [3.63, 3.8) is 0 Å². The van der Waals surface area contributed by atoms with Gasteiger partial charge in [-0.15, -0.1) is 0 Å². The fourth-order valence-corrected chi connectivity index (χ4v) is 1.94. The smallest absolute Gasteiger partial charge is 0.190 e. The quantitative estimate of drug-likeness (QED) is 0.529. The van der Waals surface area contributed by atoms with Crippen molar-refractivity contribution in [3.8, 4) is 0 Å². The molecular weight excluding hydrogens is 204 g/mol. The van der Waals surface area contributed by atoms with Gasteiger partial charge < -0.3 is 29.5 Å². The van der Waals surface area contributed by atoms with Crippen molar-refractivity contribution in [2.75, 3.05) is 6.61 Å². The Morgan fingerprint density at radius 2 is 2.00 bits per heavy atom. The molecule has 2 aliphatic heterocycles. The fraction of sp³-hybridized carbons (Fsp3) is 1.00. The highest BCUT2D eigenvalue weighted by Crippen LogP contribution is 2.38. The van der Waals surface area contributed by atoms with Gasteiger partial charge in [-0.3, -0.25) is 0 Å². The van der Waals surface area contributed by atoms with Crippen molar-refractivity contribution in [1.82, 2.24) is 0 Å². The summed E-state index contributed by atoms with van der Waals surface area (Å²) < 4.78 is 16.1. The van der Waals surface area contributed by atoms with Gasteiger partial charge in [-0.2, -0.15) is 0 Å². The van der Waals surface area contributed by atoms with Crippen LogP contribution in [-0.4, -0.2) is 58.4 Å². The predicted octanol–water partition coefficient (Wildman–Crippen LogP) is -1.42. The lowest BCUT2D eigenvalue weighted by molar-refractivity contribution is -0.227. The predicted molar refractivity (Wildman–Crippen MR) is 47.8 cm³/mol. The summed E-state index contributed by atoms with van der Waals surface area (Å²) in [5, 5.41) is 27.9. The molecule has 6 heteroatoms. The van der Waals surface area contributed by atoms with Crippen molar-refractivity contribution in [1.29, 1.82) is 0 Å². The van der Waals surface area contributed by atoms with E-state index in [0.717, 1.165) is 0 Å². The van der Waals surface area contributed by atoms with Crippen LogP contribution in [0, 0.1) is 0 Å². The Bertz CT molecular complexity index is 243. The van der Waals surface area contributed by atoms with Gasteiger partial charge in [0.2, 0.25) is 0 Å². The lowest BCUT2D eigenvalue weighted by atomic mass is 10.1. The number of fused-ring (bicyclic) bond motifs is 1. The monoisotopic (exact) mass is 220 g/mol. The van der Waals surface area contributed by atoms with E-state index < -0.39 is 43.1 Å². The lowest BCUT2D eigenvalue weighted by Crippen LogP contribution is -2.42. The Morgan fingerprint density at radius 1 is 1.33 bits per heavy atom. The van der Waals surface area contributed by atoms with Crippen molar-refractivity contribution in [2.24, 2.45) is 0 Å². The van der Waals surface area contributed by atoms with Gasteiger partial charge in [0.25, 0.3) is 0 Å². The summed E-state index contributed by atoms with van der Waals surface area (Å²) >= 11 is 0. The fourth-order valence-electron chi connectivity index (χ4n) is 1.94. The normalized spacial score (nSPS) is 45.4. The molecule has 0 unspecified atom stereocenters. The second-order valence-corrected chi connectivity index (χ2v) is 4.31. The van der Waals surface area contributed by atoms with Gasteiger partial charge in [-0.05, 0) is 13.8 Å². The van der Waals surface area contributed by atoms with Gasteiger partial charge in [0.1, 0.15) is 24.4 Å². The van der Waals surface area contributed by atoms with Crippen molar-refractivity contribution >= 4 is 0 Å². The zero-order chi connectivity index (χ0) is 11.2. The molecular formula is C9H16O6. The maximum absolute atomic E-state index is 9.79. The van der Waals surface area contributed by atoms with E-state index in [9.17, 15) is 10.2 Å². The molecule has 3 N–H and O–H groups in total. The minimum absolute atomic E-state index is 0.468. The standard InChI is InChI=1S/C9H16O6/c1-9(2)14-7-5(12)6(4(11)3-10)13-8(7)15-9/h4-8,10-12H,3H2,1-2H3/t4-,5-,6-,7-,8-/m0/s1. The van der Waals surface area contributed by atoms with Gasteiger partial charge in [0.15, 0.2) is 12.1 Å². The average Bonchev–Trinajstić information content (AvgIpc) is 2.60. The van der Waals surface area contributed by atoms with E-state index in [1.807, 2.05) is 0 Å². The van der Waals surface area contributed by atoms with Gasteiger partial charge in [0.05, 0.1) is 6.61 Å². The van der Waals surface area contributed by atoms with Crippen molar-refractivity contribution in [3.05, 3.63) is 0 Å². The Balaban J connectivity index is 2.05. The van der Waals surface area contributed by atoms with E-state index in [1.165, 1.54) is 0 Å². The molecule has 0 aromatic heterocycles. The lowest BCUT2D eigenvalue weighted by Gasteiger charge is -2.24. The van der Waals surface area contributed by atoms with Gasteiger partial charge >= 0.3 is 0 Å². The number of aliphatic hydroxyl groups excluding tert-OH is 3. The summed E-state index contributed by atoms with van der Waals surface area (Å²) in [5.74, 6) is -0.786. The molecule has 88 valence electrons. The Labute approximate surface area is 87.4 Å². The molecule has 6 nitrogen and oxygen atoms in total. The van der Waals surface area contributed by atoms with E-state index in [1.54, 1.807) is 13.8 Å². The van der Waals surface area contributed by atoms with Crippen molar-refractivity contribution in [2.45, 2.75) is 50.3 Å². The molecule has 5 atom stereocenters. The van der Waals surface area contributed by atoms with Gasteiger partial charge in [-0.25, -0.2) is 0 Å².